The molecule has 0 aliphatic carbocycles. The first kappa shape index (κ1) is 22.3. The zero-order valence-corrected chi connectivity index (χ0v) is 20.8. The van der Waals surface area contributed by atoms with E-state index in [2.05, 4.69) is 83.9 Å². The third kappa shape index (κ3) is 3.99. The van der Waals surface area contributed by atoms with Gasteiger partial charge < -0.3 is 14.8 Å². The Balaban J connectivity index is 1.63. The van der Waals surface area contributed by atoms with E-state index in [-0.39, 0.29) is 12.1 Å². The first-order valence-corrected chi connectivity index (χ1v) is 12.0. The van der Waals surface area contributed by atoms with Crippen molar-refractivity contribution >= 4 is 23.0 Å². The van der Waals surface area contributed by atoms with Gasteiger partial charge in [-0.15, -0.1) is 0 Å². The summed E-state index contributed by atoms with van der Waals surface area (Å²) in [6, 6.07) is 19.0. The molecule has 34 heavy (non-hydrogen) atoms. The van der Waals surface area contributed by atoms with E-state index in [1.807, 2.05) is 36.8 Å². The van der Waals surface area contributed by atoms with Crippen molar-refractivity contribution in [2.75, 3.05) is 4.90 Å². The number of pyridine rings is 2. The molecule has 4 heterocycles. The van der Waals surface area contributed by atoms with Crippen molar-refractivity contribution in [1.82, 2.24) is 19.9 Å². The molecule has 0 bridgehead atoms. The fourth-order valence-corrected chi connectivity index (χ4v) is 5.22. The summed E-state index contributed by atoms with van der Waals surface area (Å²) in [7, 11) is 0. The summed E-state index contributed by atoms with van der Waals surface area (Å²) in [6.45, 7) is 9.45. The van der Waals surface area contributed by atoms with Crippen LogP contribution in [0.15, 0.2) is 73.2 Å². The Morgan fingerprint density at radius 2 is 1.79 bits per heavy atom. The highest BCUT2D eigenvalue weighted by molar-refractivity contribution is 7.80. The number of benzene rings is 1. The van der Waals surface area contributed by atoms with E-state index in [1.54, 1.807) is 0 Å². The summed E-state index contributed by atoms with van der Waals surface area (Å²) < 4.78 is 2.36. The van der Waals surface area contributed by atoms with Crippen LogP contribution in [-0.2, 0) is 6.54 Å². The van der Waals surface area contributed by atoms with Gasteiger partial charge in [-0.05, 0) is 98.6 Å². The predicted octanol–water partition coefficient (Wildman–Crippen LogP) is 5.74. The highest BCUT2D eigenvalue weighted by atomic mass is 32.1. The van der Waals surface area contributed by atoms with Crippen LogP contribution < -0.4 is 10.2 Å². The quantitative estimate of drug-likeness (QED) is 0.380. The zero-order chi connectivity index (χ0) is 23.8. The maximum Gasteiger partial charge on any atom is 0.174 e. The first-order chi connectivity index (χ1) is 16.4. The molecule has 6 heteroatoms. The van der Waals surface area contributed by atoms with Crippen LogP contribution >= 0.6 is 12.2 Å². The predicted molar refractivity (Wildman–Crippen MR) is 141 cm³/mol. The van der Waals surface area contributed by atoms with Gasteiger partial charge in [0.25, 0.3) is 0 Å². The lowest BCUT2D eigenvalue weighted by Gasteiger charge is -2.28. The number of hydrogen-bond acceptors (Lipinski definition) is 3. The van der Waals surface area contributed by atoms with Gasteiger partial charge in [0.15, 0.2) is 5.11 Å². The Morgan fingerprint density at radius 3 is 2.50 bits per heavy atom. The summed E-state index contributed by atoms with van der Waals surface area (Å²) in [4.78, 5) is 11.3. The van der Waals surface area contributed by atoms with Crippen molar-refractivity contribution in [1.29, 1.82) is 0 Å². The molecule has 5 nitrogen and oxygen atoms in total. The number of anilines is 1. The van der Waals surface area contributed by atoms with Gasteiger partial charge in [-0.2, -0.15) is 0 Å². The van der Waals surface area contributed by atoms with E-state index in [4.69, 9.17) is 17.2 Å². The molecule has 1 aliphatic heterocycles. The Kier molecular flexibility index (Phi) is 5.92. The second-order valence-corrected chi connectivity index (χ2v) is 9.43. The van der Waals surface area contributed by atoms with E-state index in [1.165, 1.54) is 33.6 Å². The van der Waals surface area contributed by atoms with E-state index in [9.17, 15) is 0 Å². The summed E-state index contributed by atoms with van der Waals surface area (Å²) in [5.74, 6) is 0. The van der Waals surface area contributed by atoms with Gasteiger partial charge in [0.2, 0.25) is 0 Å². The summed E-state index contributed by atoms with van der Waals surface area (Å²) in [6.07, 6.45) is 5.60. The van der Waals surface area contributed by atoms with Gasteiger partial charge in [0.1, 0.15) is 0 Å². The average molecular weight is 468 g/mol. The van der Waals surface area contributed by atoms with Gasteiger partial charge in [-0.1, -0.05) is 18.2 Å². The van der Waals surface area contributed by atoms with Gasteiger partial charge in [0, 0.05) is 42.2 Å². The molecule has 0 saturated carbocycles. The van der Waals surface area contributed by atoms with Crippen LogP contribution in [0.2, 0.25) is 0 Å². The minimum Gasteiger partial charge on any atom is -0.351 e. The Hall–Kier alpha value is -3.51. The standard InChI is InChI=1S/C28H29N5S/c1-18-10-11-23(14-19(18)2)33-27(26(31-28(33)34)25-9-5-6-13-30-25)24-15-20(3)32(21(24)4)17-22-8-7-12-29-16-22/h5-16,26-27H,17H2,1-4H3,(H,31,34)/t26-,27+/m0/s1. The Bertz CT molecular complexity index is 1330. The van der Waals surface area contributed by atoms with Crippen LogP contribution in [0.25, 0.3) is 0 Å². The second-order valence-electron chi connectivity index (χ2n) is 9.04. The summed E-state index contributed by atoms with van der Waals surface area (Å²) >= 11 is 5.91. The van der Waals surface area contributed by atoms with Gasteiger partial charge in [0.05, 0.1) is 17.8 Å². The summed E-state index contributed by atoms with van der Waals surface area (Å²) in [5.41, 5.74) is 9.49. The monoisotopic (exact) mass is 467 g/mol. The van der Waals surface area contributed by atoms with Crippen LogP contribution in [0, 0.1) is 27.7 Å². The van der Waals surface area contributed by atoms with Crippen LogP contribution in [-0.4, -0.2) is 19.6 Å². The fraction of sp³-hybridized carbons (Fsp3) is 0.250. The zero-order valence-electron chi connectivity index (χ0n) is 20.0. The number of thiocarbonyl (C=S) groups is 1. The van der Waals surface area contributed by atoms with E-state index >= 15 is 0 Å². The lowest BCUT2D eigenvalue weighted by atomic mass is 9.96. The lowest BCUT2D eigenvalue weighted by molar-refractivity contribution is 0.563. The number of rotatable bonds is 5. The van der Waals surface area contributed by atoms with Crippen molar-refractivity contribution in [2.24, 2.45) is 0 Å². The first-order valence-electron chi connectivity index (χ1n) is 11.6. The third-order valence-corrected chi connectivity index (χ3v) is 7.18. The number of aromatic nitrogens is 3. The molecule has 5 rings (SSSR count). The van der Waals surface area contributed by atoms with E-state index in [0.717, 1.165) is 23.0 Å². The molecule has 172 valence electrons. The molecule has 4 aromatic rings. The molecule has 1 aromatic carbocycles. The minimum atomic E-state index is -0.0531. The molecular weight excluding hydrogens is 438 g/mol. The van der Waals surface area contributed by atoms with Crippen LogP contribution in [0.4, 0.5) is 5.69 Å². The number of nitrogens with one attached hydrogen (secondary N) is 1. The van der Waals surface area contributed by atoms with Gasteiger partial charge in [-0.25, -0.2) is 0 Å². The van der Waals surface area contributed by atoms with Crippen LogP contribution in [0.5, 0.6) is 0 Å². The molecule has 1 saturated heterocycles. The Labute approximate surface area is 206 Å². The molecule has 0 radical (unpaired) electrons. The van der Waals surface area contributed by atoms with Crippen molar-refractivity contribution in [3.8, 4) is 0 Å². The smallest absolute Gasteiger partial charge is 0.174 e. The van der Waals surface area contributed by atoms with Crippen molar-refractivity contribution in [2.45, 2.75) is 46.3 Å². The summed E-state index contributed by atoms with van der Waals surface area (Å²) in [5, 5.41) is 4.31. The van der Waals surface area contributed by atoms with Crippen molar-refractivity contribution < 1.29 is 0 Å². The largest absolute Gasteiger partial charge is 0.351 e. The molecule has 1 fully saturated rings. The van der Waals surface area contributed by atoms with Crippen LogP contribution in [0.3, 0.4) is 0 Å². The second kappa shape index (κ2) is 9.03. The molecule has 3 aromatic heterocycles. The normalized spacial score (nSPS) is 17.8. The Morgan fingerprint density at radius 1 is 0.941 bits per heavy atom. The highest BCUT2D eigenvalue weighted by Crippen LogP contribution is 2.43. The van der Waals surface area contributed by atoms with Gasteiger partial charge >= 0.3 is 0 Å². The van der Waals surface area contributed by atoms with Crippen molar-refractivity contribution in [3.05, 3.63) is 113 Å². The lowest BCUT2D eigenvalue weighted by Crippen LogP contribution is -2.29. The maximum absolute atomic E-state index is 5.91. The number of aryl methyl sites for hydroxylation is 3. The number of hydrogen-bond donors (Lipinski definition) is 1. The molecule has 0 unspecified atom stereocenters. The van der Waals surface area contributed by atoms with Crippen LogP contribution in [0.1, 0.15) is 51.4 Å². The molecule has 1 N–H and O–H groups in total. The van der Waals surface area contributed by atoms with E-state index < -0.39 is 0 Å². The SMILES string of the molecule is Cc1ccc(N2C(=S)N[C@@H](c3ccccn3)[C@H]2c2cc(C)n(Cc3cccnc3)c2C)cc1C. The third-order valence-electron chi connectivity index (χ3n) is 6.86. The highest BCUT2D eigenvalue weighted by Gasteiger charge is 2.42. The molecular formula is C28H29N5S. The minimum absolute atomic E-state index is 0.0154. The van der Waals surface area contributed by atoms with Crippen molar-refractivity contribution in [3.63, 3.8) is 0 Å². The number of nitrogens with zero attached hydrogens (tertiary/aromatic N) is 4. The van der Waals surface area contributed by atoms with E-state index in [0.29, 0.717) is 0 Å². The average Bonchev–Trinajstić information content (AvgIpc) is 3.33. The molecule has 0 spiro atoms. The molecule has 0 amide bonds. The molecule has 1 aliphatic rings. The fourth-order valence-electron chi connectivity index (χ4n) is 4.87. The molecule has 2 atom stereocenters. The maximum atomic E-state index is 5.91. The topological polar surface area (TPSA) is 46.0 Å². The van der Waals surface area contributed by atoms with Gasteiger partial charge in [-0.3, -0.25) is 9.97 Å².